The SMILES string of the molecule is CCCCC(=O)N1CCc2ncn(C)c2C1. The second-order valence-electron chi connectivity index (χ2n) is 4.42. The highest BCUT2D eigenvalue weighted by molar-refractivity contribution is 5.76. The molecule has 0 aromatic carbocycles. The van der Waals surface area contributed by atoms with Crippen molar-refractivity contribution in [2.45, 2.75) is 39.2 Å². The number of fused-ring (bicyclic) bond motifs is 1. The third-order valence-electron chi connectivity index (χ3n) is 3.20. The lowest BCUT2D eigenvalue weighted by Crippen LogP contribution is -2.36. The molecule has 2 rings (SSSR count). The molecule has 1 aromatic rings. The number of nitrogens with zero attached hydrogens (tertiary/aromatic N) is 3. The lowest BCUT2D eigenvalue weighted by molar-refractivity contribution is -0.132. The van der Waals surface area contributed by atoms with Crippen molar-refractivity contribution in [3.63, 3.8) is 0 Å². The fourth-order valence-electron chi connectivity index (χ4n) is 2.12. The predicted octanol–water partition coefficient (Wildman–Crippen LogP) is 1.50. The fraction of sp³-hybridized carbons (Fsp3) is 0.667. The van der Waals surface area contributed by atoms with Crippen LogP contribution in [0, 0.1) is 0 Å². The Labute approximate surface area is 96.3 Å². The van der Waals surface area contributed by atoms with Crippen LogP contribution in [0.2, 0.25) is 0 Å². The molecule has 0 fully saturated rings. The zero-order valence-corrected chi connectivity index (χ0v) is 10.1. The fourth-order valence-corrected chi connectivity index (χ4v) is 2.12. The Morgan fingerprint density at radius 1 is 1.56 bits per heavy atom. The van der Waals surface area contributed by atoms with Gasteiger partial charge in [-0.25, -0.2) is 4.98 Å². The Morgan fingerprint density at radius 3 is 3.12 bits per heavy atom. The molecule has 88 valence electrons. The summed E-state index contributed by atoms with van der Waals surface area (Å²) in [6, 6.07) is 0. The number of aryl methyl sites for hydroxylation is 1. The molecule has 4 heteroatoms. The normalized spacial score (nSPS) is 15.0. The van der Waals surface area contributed by atoms with E-state index in [9.17, 15) is 4.79 Å². The molecule has 16 heavy (non-hydrogen) atoms. The lowest BCUT2D eigenvalue weighted by atomic mass is 10.1. The number of imidazole rings is 1. The lowest BCUT2D eigenvalue weighted by Gasteiger charge is -2.27. The number of hydrogen-bond donors (Lipinski definition) is 0. The number of rotatable bonds is 3. The summed E-state index contributed by atoms with van der Waals surface area (Å²) in [7, 11) is 1.99. The zero-order chi connectivity index (χ0) is 11.5. The maximum atomic E-state index is 11.9. The van der Waals surface area contributed by atoms with E-state index in [2.05, 4.69) is 11.9 Å². The standard InChI is InChI=1S/C12H19N3O/c1-3-4-5-12(16)15-7-6-10-11(8-15)14(2)9-13-10/h9H,3-8H2,1-2H3. The van der Waals surface area contributed by atoms with Crippen LogP contribution in [-0.4, -0.2) is 26.9 Å². The van der Waals surface area contributed by atoms with E-state index in [-0.39, 0.29) is 5.91 Å². The van der Waals surface area contributed by atoms with Crippen LogP contribution in [0.1, 0.15) is 37.6 Å². The van der Waals surface area contributed by atoms with Gasteiger partial charge in [0.2, 0.25) is 5.91 Å². The van der Waals surface area contributed by atoms with Crippen molar-refractivity contribution in [2.24, 2.45) is 7.05 Å². The first-order chi connectivity index (χ1) is 7.72. The van der Waals surface area contributed by atoms with Crippen molar-refractivity contribution in [3.05, 3.63) is 17.7 Å². The summed E-state index contributed by atoms with van der Waals surface area (Å²) in [4.78, 5) is 18.2. The highest BCUT2D eigenvalue weighted by atomic mass is 16.2. The Balaban J connectivity index is 2.01. The Bertz CT molecular complexity index is 384. The van der Waals surface area contributed by atoms with Crippen LogP contribution >= 0.6 is 0 Å². The molecule has 0 saturated carbocycles. The topological polar surface area (TPSA) is 38.1 Å². The van der Waals surface area contributed by atoms with Crippen LogP contribution in [-0.2, 0) is 24.8 Å². The molecule has 1 aromatic heterocycles. The van der Waals surface area contributed by atoms with E-state index in [1.165, 1.54) is 5.69 Å². The van der Waals surface area contributed by atoms with Crippen molar-refractivity contribution in [1.29, 1.82) is 0 Å². The summed E-state index contributed by atoms with van der Waals surface area (Å²) in [5, 5.41) is 0. The largest absolute Gasteiger partial charge is 0.336 e. The third-order valence-corrected chi connectivity index (χ3v) is 3.20. The molecule has 0 atom stereocenters. The van der Waals surface area contributed by atoms with E-state index >= 15 is 0 Å². The summed E-state index contributed by atoms with van der Waals surface area (Å²) in [5.74, 6) is 0.286. The van der Waals surface area contributed by atoms with Gasteiger partial charge >= 0.3 is 0 Å². The molecular formula is C12H19N3O. The summed E-state index contributed by atoms with van der Waals surface area (Å²) < 4.78 is 2.02. The Hall–Kier alpha value is -1.32. The van der Waals surface area contributed by atoms with Crippen molar-refractivity contribution in [1.82, 2.24) is 14.5 Å². The second kappa shape index (κ2) is 4.68. The van der Waals surface area contributed by atoms with Crippen molar-refractivity contribution >= 4 is 5.91 Å². The molecule has 1 aliphatic heterocycles. The molecule has 0 saturated heterocycles. The first-order valence-corrected chi connectivity index (χ1v) is 5.99. The molecule has 0 spiro atoms. The average molecular weight is 221 g/mol. The monoisotopic (exact) mass is 221 g/mol. The predicted molar refractivity (Wildman–Crippen MR) is 61.9 cm³/mol. The molecule has 0 unspecified atom stereocenters. The summed E-state index contributed by atoms with van der Waals surface area (Å²) in [6.45, 7) is 3.67. The first-order valence-electron chi connectivity index (χ1n) is 5.99. The minimum Gasteiger partial charge on any atom is -0.336 e. The van der Waals surface area contributed by atoms with Gasteiger partial charge in [-0.1, -0.05) is 13.3 Å². The highest BCUT2D eigenvalue weighted by Gasteiger charge is 2.22. The minimum atomic E-state index is 0.286. The summed E-state index contributed by atoms with van der Waals surface area (Å²) >= 11 is 0. The Kier molecular flexibility index (Phi) is 3.27. The van der Waals surface area contributed by atoms with E-state index in [0.717, 1.165) is 38.0 Å². The molecule has 4 nitrogen and oxygen atoms in total. The van der Waals surface area contributed by atoms with Crippen LogP contribution in [0.25, 0.3) is 0 Å². The van der Waals surface area contributed by atoms with Gasteiger partial charge in [0.25, 0.3) is 0 Å². The molecule has 0 aliphatic carbocycles. The quantitative estimate of drug-likeness (QED) is 0.775. The van der Waals surface area contributed by atoms with Crippen molar-refractivity contribution < 1.29 is 4.79 Å². The Morgan fingerprint density at radius 2 is 2.38 bits per heavy atom. The maximum Gasteiger partial charge on any atom is 0.222 e. The number of aromatic nitrogens is 2. The number of hydrogen-bond acceptors (Lipinski definition) is 2. The van der Waals surface area contributed by atoms with Gasteiger partial charge in [0.1, 0.15) is 0 Å². The number of carbonyl (C=O) groups is 1. The van der Waals surface area contributed by atoms with Crippen LogP contribution in [0.15, 0.2) is 6.33 Å². The zero-order valence-electron chi connectivity index (χ0n) is 10.1. The van der Waals surface area contributed by atoms with Crippen LogP contribution in [0.5, 0.6) is 0 Å². The second-order valence-corrected chi connectivity index (χ2v) is 4.42. The van der Waals surface area contributed by atoms with Gasteiger partial charge in [0.05, 0.1) is 24.3 Å². The number of amides is 1. The summed E-state index contributed by atoms with van der Waals surface area (Å²) in [6.07, 6.45) is 5.49. The minimum absolute atomic E-state index is 0.286. The van der Waals surface area contributed by atoms with Crippen LogP contribution in [0.3, 0.4) is 0 Å². The third kappa shape index (κ3) is 2.10. The molecular weight excluding hydrogens is 202 g/mol. The van der Waals surface area contributed by atoms with E-state index in [1.807, 2.05) is 22.8 Å². The van der Waals surface area contributed by atoms with Gasteiger partial charge in [0.15, 0.2) is 0 Å². The van der Waals surface area contributed by atoms with Gasteiger partial charge in [0, 0.05) is 26.4 Å². The molecule has 1 aliphatic rings. The van der Waals surface area contributed by atoms with Crippen LogP contribution in [0.4, 0.5) is 0 Å². The number of carbonyl (C=O) groups excluding carboxylic acids is 1. The van der Waals surface area contributed by atoms with Gasteiger partial charge in [-0.2, -0.15) is 0 Å². The van der Waals surface area contributed by atoms with Gasteiger partial charge < -0.3 is 9.47 Å². The highest BCUT2D eigenvalue weighted by Crippen LogP contribution is 2.17. The molecule has 0 bridgehead atoms. The smallest absolute Gasteiger partial charge is 0.222 e. The van der Waals surface area contributed by atoms with Crippen molar-refractivity contribution in [2.75, 3.05) is 6.54 Å². The van der Waals surface area contributed by atoms with Gasteiger partial charge in [-0.15, -0.1) is 0 Å². The van der Waals surface area contributed by atoms with E-state index in [1.54, 1.807) is 0 Å². The van der Waals surface area contributed by atoms with E-state index in [0.29, 0.717) is 6.42 Å². The van der Waals surface area contributed by atoms with Gasteiger partial charge in [-0.3, -0.25) is 4.79 Å². The molecule has 1 amide bonds. The molecule has 0 radical (unpaired) electrons. The van der Waals surface area contributed by atoms with E-state index < -0.39 is 0 Å². The maximum absolute atomic E-state index is 11.9. The van der Waals surface area contributed by atoms with E-state index in [4.69, 9.17) is 0 Å². The molecule has 0 N–H and O–H groups in total. The average Bonchev–Trinajstić information content (AvgIpc) is 2.67. The number of unbranched alkanes of at least 4 members (excludes halogenated alkanes) is 1. The van der Waals surface area contributed by atoms with Crippen molar-refractivity contribution in [3.8, 4) is 0 Å². The molecule has 2 heterocycles. The van der Waals surface area contributed by atoms with Crippen LogP contribution < -0.4 is 0 Å². The van der Waals surface area contributed by atoms with Gasteiger partial charge in [-0.05, 0) is 6.42 Å². The summed E-state index contributed by atoms with van der Waals surface area (Å²) in [5.41, 5.74) is 2.35. The first kappa shape index (κ1) is 11.2.